The second-order valence-corrected chi connectivity index (χ2v) is 6.58. The first kappa shape index (κ1) is 12.3. The molecule has 0 aromatic heterocycles. The Bertz CT molecular complexity index is 472. The molecule has 1 aliphatic heterocycles. The maximum Gasteiger partial charge on any atom is 0.0694 e. The molecule has 1 aromatic rings. The van der Waals surface area contributed by atoms with E-state index >= 15 is 0 Å². The zero-order chi connectivity index (χ0) is 12.9. The van der Waals surface area contributed by atoms with Gasteiger partial charge in [-0.2, -0.15) is 0 Å². The number of rotatable bonds is 2. The van der Waals surface area contributed by atoms with Crippen LogP contribution in [0.4, 0.5) is 5.69 Å². The summed E-state index contributed by atoms with van der Waals surface area (Å²) in [5, 5.41) is 4.44. The van der Waals surface area contributed by atoms with Crippen LogP contribution in [0.2, 0.25) is 5.02 Å². The second kappa shape index (κ2) is 4.14. The first-order valence-electron chi connectivity index (χ1n) is 6.64. The Balaban J connectivity index is 1.80. The lowest BCUT2D eigenvalue weighted by Gasteiger charge is -2.55. The predicted octanol–water partition coefficient (Wildman–Crippen LogP) is 3.87. The molecule has 0 bridgehead atoms. The monoisotopic (exact) mass is 265 g/mol. The minimum absolute atomic E-state index is 0.190. The third-order valence-electron chi connectivity index (χ3n) is 4.54. The van der Waals surface area contributed by atoms with Gasteiger partial charge in [-0.05, 0) is 31.0 Å². The van der Waals surface area contributed by atoms with Crippen LogP contribution in [0.15, 0.2) is 18.2 Å². The van der Waals surface area contributed by atoms with Gasteiger partial charge in [-0.15, -0.1) is 0 Å². The van der Waals surface area contributed by atoms with Gasteiger partial charge in [0.05, 0.1) is 16.8 Å². The van der Waals surface area contributed by atoms with Gasteiger partial charge in [-0.1, -0.05) is 31.5 Å². The van der Waals surface area contributed by atoms with Crippen LogP contribution < -0.4 is 5.32 Å². The summed E-state index contributed by atoms with van der Waals surface area (Å²) in [6.45, 7) is 7.51. The summed E-state index contributed by atoms with van der Waals surface area (Å²) < 4.78 is 5.81. The van der Waals surface area contributed by atoms with Crippen LogP contribution >= 0.6 is 11.6 Å². The van der Waals surface area contributed by atoms with Crippen molar-refractivity contribution in [2.75, 3.05) is 11.9 Å². The Hall–Kier alpha value is -0.730. The Kier molecular flexibility index (Phi) is 2.83. The van der Waals surface area contributed by atoms with Crippen molar-refractivity contribution in [3.8, 4) is 0 Å². The van der Waals surface area contributed by atoms with E-state index in [-0.39, 0.29) is 5.41 Å². The van der Waals surface area contributed by atoms with Gasteiger partial charge in [0, 0.05) is 24.0 Å². The minimum atomic E-state index is 0.190. The molecule has 1 N–H and O–H groups in total. The van der Waals surface area contributed by atoms with E-state index < -0.39 is 0 Å². The lowest BCUT2D eigenvalue weighted by atomic mass is 9.57. The van der Waals surface area contributed by atoms with Gasteiger partial charge in [-0.25, -0.2) is 0 Å². The van der Waals surface area contributed by atoms with Crippen molar-refractivity contribution in [1.29, 1.82) is 0 Å². The number of fused-ring (bicyclic) bond motifs is 1. The van der Waals surface area contributed by atoms with Crippen molar-refractivity contribution < 1.29 is 4.74 Å². The number of hydrogen-bond donors (Lipinski definition) is 1. The van der Waals surface area contributed by atoms with Crippen molar-refractivity contribution in [3.05, 3.63) is 28.8 Å². The highest BCUT2D eigenvalue weighted by atomic mass is 35.5. The van der Waals surface area contributed by atoms with Gasteiger partial charge in [0.25, 0.3) is 0 Å². The molecular weight excluding hydrogens is 246 g/mol. The topological polar surface area (TPSA) is 21.3 Å². The molecule has 2 fully saturated rings. The Morgan fingerprint density at radius 1 is 1.39 bits per heavy atom. The molecule has 1 aliphatic carbocycles. The Morgan fingerprint density at radius 3 is 2.89 bits per heavy atom. The molecule has 3 rings (SSSR count). The van der Waals surface area contributed by atoms with Crippen molar-refractivity contribution >= 4 is 17.3 Å². The van der Waals surface area contributed by atoms with Crippen molar-refractivity contribution in [3.63, 3.8) is 0 Å². The van der Waals surface area contributed by atoms with E-state index in [4.69, 9.17) is 16.3 Å². The third kappa shape index (κ3) is 1.74. The molecule has 0 radical (unpaired) electrons. The zero-order valence-corrected chi connectivity index (χ0v) is 11.9. The number of anilines is 1. The van der Waals surface area contributed by atoms with Crippen molar-refractivity contribution in [2.24, 2.45) is 11.3 Å². The number of nitrogens with one attached hydrogen (secondary N) is 1. The normalized spacial score (nSPS) is 32.8. The molecule has 2 nitrogen and oxygen atoms in total. The van der Waals surface area contributed by atoms with Crippen LogP contribution in [0, 0.1) is 18.3 Å². The third-order valence-corrected chi connectivity index (χ3v) is 4.85. The highest BCUT2D eigenvalue weighted by molar-refractivity contribution is 6.33. The van der Waals surface area contributed by atoms with Crippen LogP contribution in [0.5, 0.6) is 0 Å². The predicted molar refractivity (Wildman–Crippen MR) is 75.2 cm³/mol. The maximum absolute atomic E-state index is 6.30. The fourth-order valence-corrected chi connectivity index (χ4v) is 3.81. The van der Waals surface area contributed by atoms with Crippen molar-refractivity contribution in [2.45, 2.75) is 39.3 Å². The van der Waals surface area contributed by atoms with E-state index in [9.17, 15) is 0 Å². The summed E-state index contributed by atoms with van der Waals surface area (Å²) in [6, 6.07) is 6.66. The van der Waals surface area contributed by atoms with Gasteiger partial charge in [-0.3, -0.25) is 0 Å². The fourth-order valence-electron chi connectivity index (χ4n) is 3.52. The standard InChI is InChI=1S/C15H20ClNO/c1-9-4-5-12(11(16)8-9)17-13-10-6-7-18-14(10)15(13,2)3/h4-5,8,10,13-14,17H,6-7H2,1-3H3. The van der Waals surface area contributed by atoms with Gasteiger partial charge in [0.1, 0.15) is 0 Å². The van der Waals surface area contributed by atoms with Gasteiger partial charge < -0.3 is 10.1 Å². The number of benzene rings is 1. The number of hydrogen-bond acceptors (Lipinski definition) is 2. The molecule has 1 saturated carbocycles. The van der Waals surface area contributed by atoms with Crippen LogP contribution in [-0.4, -0.2) is 18.8 Å². The van der Waals surface area contributed by atoms with Crippen LogP contribution in [-0.2, 0) is 4.74 Å². The van der Waals surface area contributed by atoms with Crippen LogP contribution in [0.1, 0.15) is 25.8 Å². The maximum atomic E-state index is 6.30. The largest absolute Gasteiger partial charge is 0.380 e. The molecule has 3 heteroatoms. The van der Waals surface area contributed by atoms with E-state index in [0.29, 0.717) is 18.1 Å². The molecule has 1 saturated heterocycles. The summed E-state index contributed by atoms with van der Waals surface area (Å²) in [5.74, 6) is 0.636. The summed E-state index contributed by atoms with van der Waals surface area (Å²) in [7, 11) is 0. The quantitative estimate of drug-likeness (QED) is 0.876. The van der Waals surface area contributed by atoms with E-state index in [1.54, 1.807) is 0 Å². The Labute approximate surface area is 114 Å². The smallest absolute Gasteiger partial charge is 0.0694 e. The number of aryl methyl sites for hydroxylation is 1. The molecular formula is C15H20ClNO. The molecule has 98 valence electrons. The zero-order valence-electron chi connectivity index (χ0n) is 11.2. The summed E-state index contributed by atoms with van der Waals surface area (Å²) >= 11 is 6.30. The summed E-state index contributed by atoms with van der Waals surface area (Å²) in [5.41, 5.74) is 2.43. The van der Waals surface area contributed by atoms with Crippen LogP contribution in [0.3, 0.4) is 0 Å². The molecule has 0 spiro atoms. The van der Waals surface area contributed by atoms with E-state index in [1.807, 2.05) is 6.07 Å². The molecule has 2 aliphatic rings. The average Bonchev–Trinajstić information content (AvgIpc) is 2.74. The van der Waals surface area contributed by atoms with Gasteiger partial charge in [0.15, 0.2) is 0 Å². The van der Waals surface area contributed by atoms with E-state index in [0.717, 1.165) is 23.7 Å². The van der Waals surface area contributed by atoms with Crippen LogP contribution in [0.25, 0.3) is 0 Å². The highest BCUT2D eigenvalue weighted by Crippen LogP contribution is 2.53. The lowest BCUT2D eigenvalue weighted by molar-refractivity contribution is -0.0923. The number of ether oxygens (including phenoxy) is 1. The molecule has 18 heavy (non-hydrogen) atoms. The van der Waals surface area contributed by atoms with Crippen molar-refractivity contribution in [1.82, 2.24) is 0 Å². The molecule has 3 atom stereocenters. The Morgan fingerprint density at radius 2 is 2.17 bits per heavy atom. The highest BCUT2D eigenvalue weighted by Gasteiger charge is 2.59. The lowest BCUT2D eigenvalue weighted by Crippen LogP contribution is -2.63. The number of halogens is 1. The SMILES string of the molecule is Cc1ccc(NC2C3CCOC3C2(C)C)c(Cl)c1. The molecule has 1 aromatic carbocycles. The molecule has 0 amide bonds. The van der Waals surface area contributed by atoms with Gasteiger partial charge >= 0.3 is 0 Å². The second-order valence-electron chi connectivity index (χ2n) is 6.17. The first-order chi connectivity index (χ1) is 8.50. The molecule has 1 heterocycles. The van der Waals surface area contributed by atoms with E-state index in [2.05, 4.69) is 38.2 Å². The average molecular weight is 266 g/mol. The summed E-state index contributed by atoms with van der Waals surface area (Å²) in [4.78, 5) is 0. The molecule has 3 unspecified atom stereocenters. The van der Waals surface area contributed by atoms with E-state index in [1.165, 1.54) is 5.56 Å². The van der Waals surface area contributed by atoms with Gasteiger partial charge in [0.2, 0.25) is 0 Å². The summed E-state index contributed by atoms with van der Waals surface area (Å²) in [6.07, 6.45) is 1.58. The fraction of sp³-hybridized carbons (Fsp3) is 0.600. The first-order valence-corrected chi connectivity index (χ1v) is 7.02. The minimum Gasteiger partial charge on any atom is -0.380 e.